The molecule has 0 bridgehead atoms. The van der Waals surface area contributed by atoms with Gasteiger partial charge in [-0.2, -0.15) is 0 Å². The molecule has 2 nitrogen and oxygen atoms in total. The van der Waals surface area contributed by atoms with E-state index in [1.165, 1.54) is 24.0 Å². The Morgan fingerprint density at radius 3 is 2.33 bits per heavy atom. The van der Waals surface area contributed by atoms with E-state index in [2.05, 4.69) is 43.0 Å². The SMILES string of the molecule is CCC(C)Cc1ccc(CN2CCOCC2)cc1. The molecule has 0 spiro atoms. The van der Waals surface area contributed by atoms with Crippen molar-refractivity contribution in [2.45, 2.75) is 33.2 Å². The Morgan fingerprint density at radius 1 is 1.11 bits per heavy atom. The summed E-state index contributed by atoms with van der Waals surface area (Å²) in [4.78, 5) is 2.47. The molecule has 0 aromatic heterocycles. The number of morpholine rings is 1. The molecule has 2 rings (SSSR count). The number of rotatable bonds is 5. The van der Waals surface area contributed by atoms with Crippen LogP contribution in [0.3, 0.4) is 0 Å². The zero-order chi connectivity index (χ0) is 12.8. The van der Waals surface area contributed by atoms with E-state index in [1.54, 1.807) is 0 Å². The molecule has 1 aromatic rings. The maximum absolute atomic E-state index is 5.37. The Kier molecular flexibility index (Phi) is 5.21. The van der Waals surface area contributed by atoms with E-state index in [-0.39, 0.29) is 0 Å². The fourth-order valence-electron chi connectivity index (χ4n) is 2.34. The number of benzene rings is 1. The van der Waals surface area contributed by atoms with Gasteiger partial charge in [-0.1, -0.05) is 44.5 Å². The van der Waals surface area contributed by atoms with Crippen LogP contribution in [0.4, 0.5) is 0 Å². The van der Waals surface area contributed by atoms with Crippen LogP contribution in [0.1, 0.15) is 31.4 Å². The lowest BCUT2D eigenvalue weighted by atomic mass is 9.98. The zero-order valence-electron chi connectivity index (χ0n) is 11.7. The molecule has 2 heteroatoms. The second kappa shape index (κ2) is 6.91. The van der Waals surface area contributed by atoms with E-state index in [0.29, 0.717) is 0 Å². The van der Waals surface area contributed by atoms with Crippen molar-refractivity contribution in [3.8, 4) is 0 Å². The van der Waals surface area contributed by atoms with Gasteiger partial charge >= 0.3 is 0 Å². The van der Waals surface area contributed by atoms with E-state index >= 15 is 0 Å². The summed E-state index contributed by atoms with van der Waals surface area (Å²) >= 11 is 0. The van der Waals surface area contributed by atoms with E-state index in [4.69, 9.17) is 4.74 Å². The first-order valence-corrected chi connectivity index (χ1v) is 7.16. The summed E-state index contributed by atoms with van der Waals surface area (Å²) in [5.41, 5.74) is 2.89. The third-order valence-corrected chi connectivity index (χ3v) is 3.81. The maximum Gasteiger partial charge on any atom is 0.0594 e. The number of hydrogen-bond donors (Lipinski definition) is 0. The van der Waals surface area contributed by atoms with Crippen molar-refractivity contribution in [2.24, 2.45) is 5.92 Å². The quantitative estimate of drug-likeness (QED) is 0.792. The molecule has 1 saturated heterocycles. The van der Waals surface area contributed by atoms with Crippen LogP contribution in [0.15, 0.2) is 24.3 Å². The normalized spacial score (nSPS) is 18.8. The summed E-state index contributed by atoms with van der Waals surface area (Å²) in [6, 6.07) is 9.16. The van der Waals surface area contributed by atoms with Crippen molar-refractivity contribution in [1.29, 1.82) is 0 Å². The molecular formula is C16H25NO. The Labute approximate surface area is 111 Å². The maximum atomic E-state index is 5.37. The van der Waals surface area contributed by atoms with Gasteiger partial charge in [-0.15, -0.1) is 0 Å². The summed E-state index contributed by atoms with van der Waals surface area (Å²) in [5, 5.41) is 0. The number of nitrogens with zero attached hydrogens (tertiary/aromatic N) is 1. The fraction of sp³-hybridized carbons (Fsp3) is 0.625. The Balaban J connectivity index is 1.86. The highest BCUT2D eigenvalue weighted by Gasteiger charge is 2.10. The summed E-state index contributed by atoms with van der Waals surface area (Å²) in [7, 11) is 0. The molecule has 1 aromatic carbocycles. The van der Waals surface area contributed by atoms with Gasteiger partial charge < -0.3 is 4.74 Å². The molecule has 0 aliphatic carbocycles. The van der Waals surface area contributed by atoms with Crippen LogP contribution < -0.4 is 0 Å². The highest BCUT2D eigenvalue weighted by atomic mass is 16.5. The lowest BCUT2D eigenvalue weighted by Crippen LogP contribution is -2.35. The van der Waals surface area contributed by atoms with Crippen molar-refractivity contribution in [1.82, 2.24) is 4.90 Å². The molecule has 100 valence electrons. The first-order chi connectivity index (χ1) is 8.78. The van der Waals surface area contributed by atoms with Gasteiger partial charge in [0.1, 0.15) is 0 Å². The molecule has 18 heavy (non-hydrogen) atoms. The predicted octanol–water partition coefficient (Wildman–Crippen LogP) is 3.11. The molecule has 1 aliphatic heterocycles. The topological polar surface area (TPSA) is 12.5 Å². The highest BCUT2D eigenvalue weighted by molar-refractivity contribution is 5.22. The summed E-state index contributed by atoms with van der Waals surface area (Å²) in [6.07, 6.45) is 2.46. The van der Waals surface area contributed by atoms with E-state index < -0.39 is 0 Å². The Hall–Kier alpha value is -0.860. The average Bonchev–Trinajstić information content (AvgIpc) is 2.42. The summed E-state index contributed by atoms with van der Waals surface area (Å²) < 4.78 is 5.37. The van der Waals surface area contributed by atoms with Gasteiger partial charge in [0.25, 0.3) is 0 Å². The minimum Gasteiger partial charge on any atom is -0.379 e. The van der Waals surface area contributed by atoms with Gasteiger partial charge in [0, 0.05) is 19.6 Å². The summed E-state index contributed by atoms with van der Waals surface area (Å²) in [5.74, 6) is 0.787. The van der Waals surface area contributed by atoms with Gasteiger partial charge in [-0.3, -0.25) is 4.90 Å². The number of hydrogen-bond acceptors (Lipinski definition) is 2. The van der Waals surface area contributed by atoms with Gasteiger partial charge in [-0.25, -0.2) is 0 Å². The van der Waals surface area contributed by atoms with Gasteiger partial charge in [-0.05, 0) is 23.5 Å². The molecular weight excluding hydrogens is 222 g/mol. The standard InChI is InChI=1S/C16H25NO/c1-3-14(2)12-15-4-6-16(7-5-15)13-17-8-10-18-11-9-17/h4-7,14H,3,8-13H2,1-2H3. The van der Waals surface area contributed by atoms with Crippen LogP contribution >= 0.6 is 0 Å². The molecule has 1 aliphatic rings. The minimum atomic E-state index is 0.787. The number of ether oxygens (including phenoxy) is 1. The van der Waals surface area contributed by atoms with Crippen molar-refractivity contribution >= 4 is 0 Å². The molecule has 0 N–H and O–H groups in total. The van der Waals surface area contributed by atoms with Gasteiger partial charge in [0.15, 0.2) is 0 Å². The monoisotopic (exact) mass is 247 g/mol. The first-order valence-electron chi connectivity index (χ1n) is 7.16. The first kappa shape index (κ1) is 13.6. The molecule has 1 atom stereocenters. The van der Waals surface area contributed by atoms with E-state index in [0.717, 1.165) is 38.8 Å². The van der Waals surface area contributed by atoms with Crippen molar-refractivity contribution in [2.75, 3.05) is 26.3 Å². The van der Waals surface area contributed by atoms with Gasteiger partial charge in [0.05, 0.1) is 13.2 Å². The van der Waals surface area contributed by atoms with Crippen LogP contribution in [0.25, 0.3) is 0 Å². The molecule has 0 saturated carbocycles. The lowest BCUT2D eigenvalue weighted by Gasteiger charge is -2.26. The van der Waals surface area contributed by atoms with Crippen LogP contribution in [0.5, 0.6) is 0 Å². The lowest BCUT2D eigenvalue weighted by molar-refractivity contribution is 0.0342. The van der Waals surface area contributed by atoms with Crippen molar-refractivity contribution < 1.29 is 4.74 Å². The van der Waals surface area contributed by atoms with Gasteiger partial charge in [0.2, 0.25) is 0 Å². The summed E-state index contributed by atoms with van der Waals surface area (Å²) in [6.45, 7) is 9.54. The molecule has 1 fully saturated rings. The van der Waals surface area contributed by atoms with E-state index in [1.807, 2.05) is 0 Å². The molecule has 0 radical (unpaired) electrons. The largest absolute Gasteiger partial charge is 0.379 e. The third kappa shape index (κ3) is 4.11. The van der Waals surface area contributed by atoms with E-state index in [9.17, 15) is 0 Å². The van der Waals surface area contributed by atoms with Crippen molar-refractivity contribution in [3.05, 3.63) is 35.4 Å². The minimum absolute atomic E-state index is 0.787. The smallest absolute Gasteiger partial charge is 0.0594 e. The van der Waals surface area contributed by atoms with Crippen LogP contribution in [0.2, 0.25) is 0 Å². The predicted molar refractivity (Wildman–Crippen MR) is 75.7 cm³/mol. The second-order valence-electron chi connectivity index (χ2n) is 5.42. The molecule has 1 heterocycles. The average molecular weight is 247 g/mol. The van der Waals surface area contributed by atoms with Crippen molar-refractivity contribution in [3.63, 3.8) is 0 Å². The molecule has 1 unspecified atom stereocenters. The van der Waals surface area contributed by atoms with Crippen LogP contribution in [-0.4, -0.2) is 31.2 Å². The van der Waals surface area contributed by atoms with Crippen LogP contribution in [0, 0.1) is 5.92 Å². The second-order valence-corrected chi connectivity index (χ2v) is 5.42. The Morgan fingerprint density at radius 2 is 1.72 bits per heavy atom. The Bertz CT molecular complexity index is 341. The third-order valence-electron chi connectivity index (χ3n) is 3.81. The molecule has 0 amide bonds. The fourth-order valence-corrected chi connectivity index (χ4v) is 2.34. The highest BCUT2D eigenvalue weighted by Crippen LogP contribution is 2.14. The van der Waals surface area contributed by atoms with Crippen LogP contribution in [-0.2, 0) is 17.7 Å². The zero-order valence-corrected chi connectivity index (χ0v) is 11.7.